The van der Waals surface area contributed by atoms with Crippen molar-refractivity contribution in [2.45, 2.75) is 20.3 Å². The Hall–Kier alpha value is -1.36. The van der Waals surface area contributed by atoms with Crippen LogP contribution in [0.25, 0.3) is 0 Å². The molecule has 15 heavy (non-hydrogen) atoms. The number of nitrogens with zero attached hydrogens (tertiary/aromatic N) is 2. The van der Waals surface area contributed by atoms with Gasteiger partial charge in [0, 0.05) is 31.1 Å². The maximum absolute atomic E-state index is 5.09. The lowest BCUT2D eigenvalue weighted by atomic mass is 9.87. The highest BCUT2D eigenvalue weighted by molar-refractivity contribution is 5.35. The van der Waals surface area contributed by atoms with Gasteiger partial charge in [-0.2, -0.15) is 0 Å². The maximum Gasteiger partial charge on any atom is 0.153 e. The zero-order chi connectivity index (χ0) is 10.8. The van der Waals surface area contributed by atoms with E-state index >= 15 is 0 Å². The summed E-state index contributed by atoms with van der Waals surface area (Å²) >= 11 is 0. The van der Waals surface area contributed by atoms with Crippen LogP contribution in [0.3, 0.4) is 0 Å². The summed E-state index contributed by atoms with van der Waals surface area (Å²) < 4.78 is 0. The van der Waals surface area contributed by atoms with Crippen molar-refractivity contribution in [1.82, 2.24) is 10.6 Å². The van der Waals surface area contributed by atoms with Crippen molar-refractivity contribution in [1.29, 1.82) is 0 Å². The number of nitrogens with one attached hydrogen (secondary N) is 2. The number of rotatable bonds is 1. The first kappa shape index (κ1) is 10.2. The Bertz CT molecular complexity index is 353. The molecule has 0 saturated carbocycles. The fourth-order valence-electron chi connectivity index (χ4n) is 2.13. The largest absolute Gasteiger partial charge is 0.342 e. The van der Waals surface area contributed by atoms with E-state index in [0.717, 1.165) is 25.3 Å². The Labute approximate surface area is 89.5 Å². The van der Waals surface area contributed by atoms with E-state index in [1.165, 1.54) is 16.8 Å². The van der Waals surface area contributed by atoms with E-state index < -0.39 is 0 Å². The molecule has 0 saturated heterocycles. The number of dihydropyridines is 1. The molecular formula is C10H17N5. The normalized spacial score (nSPS) is 26.9. The van der Waals surface area contributed by atoms with Crippen LogP contribution in [-0.2, 0) is 0 Å². The first-order chi connectivity index (χ1) is 7.24. The summed E-state index contributed by atoms with van der Waals surface area (Å²) in [6.45, 7) is 6.25. The number of nitrogens with two attached hydrogens (primary N) is 1. The van der Waals surface area contributed by atoms with Gasteiger partial charge in [0.05, 0.1) is 0 Å². The van der Waals surface area contributed by atoms with Crippen LogP contribution in [0.1, 0.15) is 20.3 Å². The van der Waals surface area contributed by atoms with E-state index in [1.807, 2.05) is 0 Å². The highest BCUT2D eigenvalue weighted by Crippen LogP contribution is 2.31. The van der Waals surface area contributed by atoms with Crippen LogP contribution in [0, 0.1) is 5.92 Å². The minimum atomic E-state index is 0.426. The van der Waals surface area contributed by atoms with Crippen LogP contribution >= 0.6 is 0 Å². The van der Waals surface area contributed by atoms with Crippen molar-refractivity contribution in [3.63, 3.8) is 0 Å². The zero-order valence-corrected chi connectivity index (χ0v) is 9.17. The van der Waals surface area contributed by atoms with Crippen LogP contribution in [0.5, 0.6) is 0 Å². The van der Waals surface area contributed by atoms with Gasteiger partial charge in [-0.3, -0.25) is 0 Å². The molecule has 1 atom stereocenters. The van der Waals surface area contributed by atoms with Gasteiger partial charge in [0.2, 0.25) is 0 Å². The Morgan fingerprint density at radius 3 is 3.00 bits per heavy atom. The molecule has 0 spiro atoms. The Morgan fingerprint density at radius 2 is 2.27 bits per heavy atom. The SMILES string of the molecule is CC1=C(N=NN)NC2=C(CNCC2)C1C. The van der Waals surface area contributed by atoms with Gasteiger partial charge in [-0.05, 0) is 18.1 Å². The van der Waals surface area contributed by atoms with E-state index in [-0.39, 0.29) is 0 Å². The van der Waals surface area contributed by atoms with Crippen molar-refractivity contribution in [3.05, 3.63) is 22.7 Å². The molecule has 0 amide bonds. The molecule has 5 nitrogen and oxygen atoms in total. The zero-order valence-electron chi connectivity index (χ0n) is 9.17. The van der Waals surface area contributed by atoms with Crippen LogP contribution < -0.4 is 16.5 Å². The van der Waals surface area contributed by atoms with Crippen molar-refractivity contribution in [2.24, 2.45) is 22.1 Å². The molecule has 0 aromatic carbocycles. The average Bonchev–Trinajstić information content (AvgIpc) is 2.26. The van der Waals surface area contributed by atoms with Crippen molar-refractivity contribution >= 4 is 0 Å². The second-order valence-electron chi connectivity index (χ2n) is 4.02. The topological polar surface area (TPSA) is 74.8 Å². The fourth-order valence-corrected chi connectivity index (χ4v) is 2.13. The molecule has 0 radical (unpaired) electrons. The second-order valence-corrected chi connectivity index (χ2v) is 4.02. The average molecular weight is 207 g/mol. The molecule has 2 aliphatic heterocycles. The summed E-state index contributed by atoms with van der Waals surface area (Å²) in [6, 6.07) is 0. The molecule has 0 bridgehead atoms. The van der Waals surface area contributed by atoms with Gasteiger partial charge in [0.1, 0.15) is 0 Å². The van der Waals surface area contributed by atoms with E-state index in [2.05, 4.69) is 34.8 Å². The maximum atomic E-state index is 5.09. The first-order valence-electron chi connectivity index (χ1n) is 5.25. The summed E-state index contributed by atoms with van der Waals surface area (Å²) in [4.78, 5) is 0. The highest BCUT2D eigenvalue weighted by atomic mass is 15.3. The van der Waals surface area contributed by atoms with Gasteiger partial charge >= 0.3 is 0 Å². The van der Waals surface area contributed by atoms with Gasteiger partial charge in [-0.25, -0.2) is 0 Å². The molecule has 82 valence electrons. The van der Waals surface area contributed by atoms with E-state index in [9.17, 15) is 0 Å². The number of hydrogen-bond donors (Lipinski definition) is 3. The van der Waals surface area contributed by atoms with Gasteiger partial charge in [-0.15, -0.1) is 5.11 Å². The predicted molar refractivity (Wildman–Crippen MR) is 58.6 cm³/mol. The van der Waals surface area contributed by atoms with E-state index in [1.54, 1.807) is 0 Å². The molecule has 5 heteroatoms. The molecule has 1 unspecified atom stereocenters. The number of hydrogen-bond acceptors (Lipinski definition) is 4. The molecule has 2 rings (SSSR count). The van der Waals surface area contributed by atoms with Crippen LogP contribution in [0.2, 0.25) is 0 Å². The fraction of sp³-hybridized carbons (Fsp3) is 0.600. The van der Waals surface area contributed by atoms with E-state index in [0.29, 0.717) is 5.92 Å². The quantitative estimate of drug-likeness (QED) is 0.341. The third-order valence-corrected chi connectivity index (χ3v) is 3.23. The lowest BCUT2D eigenvalue weighted by molar-refractivity contribution is 0.562. The molecule has 0 aliphatic carbocycles. The molecule has 0 fully saturated rings. The molecule has 2 aliphatic rings. The summed E-state index contributed by atoms with van der Waals surface area (Å²) in [5.74, 6) is 6.33. The van der Waals surface area contributed by atoms with Crippen LogP contribution in [0.4, 0.5) is 0 Å². The predicted octanol–water partition coefficient (Wildman–Crippen LogP) is 1.03. The van der Waals surface area contributed by atoms with Gasteiger partial charge in [0.25, 0.3) is 0 Å². The van der Waals surface area contributed by atoms with Crippen molar-refractivity contribution < 1.29 is 0 Å². The smallest absolute Gasteiger partial charge is 0.153 e. The standard InChI is InChI=1S/C10H17N5/c1-6-7(2)10(14-15-11)13-9-3-4-12-5-8(6)9/h6,12-13H,3-5H2,1-2H3,(H2,11,14). The minimum absolute atomic E-state index is 0.426. The highest BCUT2D eigenvalue weighted by Gasteiger charge is 2.25. The molecule has 0 aromatic heterocycles. The van der Waals surface area contributed by atoms with Gasteiger partial charge in [0.15, 0.2) is 5.82 Å². The Balaban J connectivity index is 2.30. The molecular weight excluding hydrogens is 190 g/mol. The van der Waals surface area contributed by atoms with E-state index in [4.69, 9.17) is 5.84 Å². The third-order valence-electron chi connectivity index (χ3n) is 3.23. The Morgan fingerprint density at radius 1 is 1.47 bits per heavy atom. The van der Waals surface area contributed by atoms with Crippen molar-refractivity contribution in [2.75, 3.05) is 13.1 Å². The third kappa shape index (κ3) is 1.74. The molecule has 2 heterocycles. The lowest BCUT2D eigenvalue weighted by Gasteiger charge is -2.32. The summed E-state index contributed by atoms with van der Waals surface area (Å²) in [6.07, 6.45) is 1.02. The number of allylic oxidation sites excluding steroid dienone is 1. The van der Waals surface area contributed by atoms with Gasteiger partial charge < -0.3 is 16.5 Å². The summed E-state index contributed by atoms with van der Waals surface area (Å²) in [7, 11) is 0. The molecule has 4 N–H and O–H groups in total. The van der Waals surface area contributed by atoms with Gasteiger partial charge in [-0.1, -0.05) is 12.1 Å². The minimum Gasteiger partial charge on any atom is -0.342 e. The summed E-state index contributed by atoms with van der Waals surface area (Å²) in [5, 5.41) is 14.0. The summed E-state index contributed by atoms with van der Waals surface area (Å²) in [5.41, 5.74) is 3.93. The first-order valence-corrected chi connectivity index (χ1v) is 5.25. The second kappa shape index (κ2) is 4.02. The van der Waals surface area contributed by atoms with Crippen LogP contribution in [-0.4, -0.2) is 13.1 Å². The van der Waals surface area contributed by atoms with Crippen LogP contribution in [0.15, 0.2) is 33.0 Å². The lowest BCUT2D eigenvalue weighted by Crippen LogP contribution is -2.36. The monoisotopic (exact) mass is 207 g/mol. The Kier molecular flexibility index (Phi) is 2.73. The molecule has 0 aromatic rings. The van der Waals surface area contributed by atoms with Crippen molar-refractivity contribution in [3.8, 4) is 0 Å².